The minimum atomic E-state index is -0.706. The summed E-state index contributed by atoms with van der Waals surface area (Å²) in [4.78, 5) is 24.0. The second kappa shape index (κ2) is 4.72. The number of hydrogen-bond acceptors (Lipinski definition) is 3. The van der Waals surface area contributed by atoms with Crippen molar-refractivity contribution in [3.05, 3.63) is 35.9 Å². The summed E-state index contributed by atoms with van der Waals surface area (Å²) in [5.74, 6) is -0.0757. The Morgan fingerprint density at radius 2 is 1.85 bits per heavy atom. The van der Waals surface area contributed by atoms with Gasteiger partial charge in [-0.3, -0.25) is 4.79 Å². The molecule has 3 fully saturated rings. The Bertz CT molecular complexity index is 530. The summed E-state index contributed by atoms with van der Waals surface area (Å²) in [5, 5.41) is 0. The molecular weight excluding hydrogens is 252 g/mol. The van der Waals surface area contributed by atoms with Crippen LogP contribution in [-0.4, -0.2) is 17.9 Å². The van der Waals surface area contributed by atoms with Crippen LogP contribution < -0.4 is 0 Å². The molecule has 3 aliphatic carbocycles. The minimum absolute atomic E-state index is 0.0878. The first-order valence-electron chi connectivity index (χ1n) is 7.30. The number of fused-ring (bicyclic) bond motifs is 2. The molecule has 0 heterocycles. The number of Topliss-reactive ketones (excluding diaryl/α,β-unsaturated/α-hetero) is 1. The molecule has 4 rings (SSSR count). The van der Waals surface area contributed by atoms with Gasteiger partial charge in [0.15, 0.2) is 0 Å². The van der Waals surface area contributed by atoms with Crippen LogP contribution in [0.4, 0.5) is 0 Å². The summed E-state index contributed by atoms with van der Waals surface area (Å²) in [6.45, 7) is 4.48. The number of carbonyl (C=O) groups is 2. The number of ether oxygens (including phenoxy) is 1. The summed E-state index contributed by atoms with van der Waals surface area (Å²) in [7, 11) is 0. The van der Waals surface area contributed by atoms with Crippen molar-refractivity contribution in [1.82, 2.24) is 0 Å². The van der Waals surface area contributed by atoms with E-state index in [1.54, 1.807) is 24.3 Å². The lowest BCUT2D eigenvalue weighted by Gasteiger charge is -2.59. The van der Waals surface area contributed by atoms with E-state index in [2.05, 4.69) is 13.8 Å². The van der Waals surface area contributed by atoms with Crippen LogP contribution in [0.15, 0.2) is 30.3 Å². The minimum Gasteiger partial charge on any atom is -0.456 e. The number of carbonyl (C=O) groups excluding carboxylic acids is 2. The van der Waals surface area contributed by atoms with Crippen LogP contribution in [0.2, 0.25) is 0 Å². The normalized spacial score (nSPS) is 30.2. The highest BCUT2D eigenvalue weighted by atomic mass is 16.5. The Labute approximate surface area is 119 Å². The molecule has 3 aliphatic rings. The van der Waals surface area contributed by atoms with Gasteiger partial charge in [0.2, 0.25) is 0 Å². The predicted octanol–water partition coefficient (Wildman–Crippen LogP) is 3.24. The first-order valence-corrected chi connectivity index (χ1v) is 7.30. The van der Waals surface area contributed by atoms with E-state index in [-0.39, 0.29) is 11.5 Å². The highest BCUT2D eigenvalue weighted by Gasteiger charge is 2.55. The van der Waals surface area contributed by atoms with Crippen LogP contribution in [0, 0.1) is 17.3 Å². The Kier molecular flexibility index (Phi) is 3.15. The first-order chi connectivity index (χ1) is 9.50. The molecule has 3 nitrogen and oxygen atoms in total. The van der Waals surface area contributed by atoms with Gasteiger partial charge >= 0.3 is 5.97 Å². The Morgan fingerprint density at radius 3 is 2.45 bits per heavy atom. The van der Waals surface area contributed by atoms with Gasteiger partial charge in [0.05, 0.1) is 0 Å². The van der Waals surface area contributed by atoms with Gasteiger partial charge in [-0.2, -0.15) is 0 Å². The third-order valence-corrected chi connectivity index (χ3v) is 5.27. The monoisotopic (exact) mass is 272 g/mol. The van der Waals surface area contributed by atoms with Crippen molar-refractivity contribution in [2.24, 2.45) is 17.3 Å². The van der Waals surface area contributed by atoms with Crippen molar-refractivity contribution in [3.8, 4) is 0 Å². The average Bonchev–Trinajstić information content (AvgIpc) is 2.47. The number of esters is 1. The number of hydrogen-bond donors (Lipinski definition) is 0. The maximum atomic E-state index is 12.0. The molecular formula is C17H20O3. The van der Waals surface area contributed by atoms with Crippen LogP contribution in [0.3, 0.4) is 0 Å². The van der Waals surface area contributed by atoms with Crippen molar-refractivity contribution in [2.45, 2.75) is 39.2 Å². The molecule has 0 N–H and O–H groups in total. The number of benzene rings is 1. The zero-order chi connectivity index (χ0) is 14.3. The van der Waals surface area contributed by atoms with Crippen molar-refractivity contribution in [2.75, 3.05) is 0 Å². The van der Waals surface area contributed by atoms with Gasteiger partial charge in [-0.15, -0.1) is 0 Å². The molecule has 1 aromatic rings. The van der Waals surface area contributed by atoms with Crippen LogP contribution >= 0.6 is 0 Å². The third kappa shape index (κ3) is 2.05. The van der Waals surface area contributed by atoms with Gasteiger partial charge in [-0.1, -0.05) is 44.2 Å². The molecule has 2 bridgehead atoms. The zero-order valence-electron chi connectivity index (χ0n) is 12.0. The molecule has 0 aliphatic heterocycles. The van der Waals surface area contributed by atoms with E-state index < -0.39 is 11.8 Å². The van der Waals surface area contributed by atoms with Crippen molar-refractivity contribution in [1.29, 1.82) is 0 Å². The van der Waals surface area contributed by atoms with Gasteiger partial charge < -0.3 is 4.74 Å². The number of ketones is 1. The second-order valence-electron chi connectivity index (χ2n) is 6.58. The van der Waals surface area contributed by atoms with Gasteiger partial charge in [-0.25, -0.2) is 4.79 Å². The molecule has 3 heteroatoms. The highest BCUT2D eigenvalue weighted by Crippen LogP contribution is 2.59. The Hall–Kier alpha value is -1.64. The van der Waals surface area contributed by atoms with E-state index in [1.807, 2.05) is 6.07 Å². The lowest BCUT2D eigenvalue weighted by molar-refractivity contribution is -0.177. The van der Waals surface area contributed by atoms with Crippen LogP contribution in [0.1, 0.15) is 43.5 Å². The summed E-state index contributed by atoms with van der Waals surface area (Å²) < 4.78 is 5.50. The molecule has 3 saturated carbocycles. The smallest absolute Gasteiger partial charge is 0.379 e. The van der Waals surface area contributed by atoms with E-state index in [9.17, 15) is 9.59 Å². The lowest BCUT2D eigenvalue weighted by Crippen LogP contribution is -2.56. The van der Waals surface area contributed by atoms with E-state index in [0.717, 1.165) is 25.2 Å². The van der Waals surface area contributed by atoms with Gasteiger partial charge in [0, 0.05) is 11.5 Å². The molecule has 0 aromatic heterocycles. The van der Waals surface area contributed by atoms with E-state index in [0.29, 0.717) is 11.5 Å². The van der Waals surface area contributed by atoms with Crippen LogP contribution in [0.5, 0.6) is 0 Å². The quantitative estimate of drug-likeness (QED) is 0.482. The van der Waals surface area contributed by atoms with Crippen LogP contribution in [-0.2, 0) is 9.53 Å². The Balaban J connectivity index is 1.66. The topological polar surface area (TPSA) is 43.4 Å². The van der Waals surface area contributed by atoms with Gasteiger partial charge in [-0.05, 0) is 30.6 Å². The summed E-state index contributed by atoms with van der Waals surface area (Å²) in [6, 6.07) is 8.61. The van der Waals surface area contributed by atoms with Crippen molar-refractivity contribution in [3.63, 3.8) is 0 Å². The largest absolute Gasteiger partial charge is 0.456 e. The average molecular weight is 272 g/mol. The maximum absolute atomic E-state index is 12.0. The summed E-state index contributed by atoms with van der Waals surface area (Å²) in [6.07, 6.45) is 3.04. The van der Waals surface area contributed by atoms with Crippen LogP contribution in [0.25, 0.3) is 0 Å². The molecule has 3 atom stereocenters. The van der Waals surface area contributed by atoms with E-state index >= 15 is 0 Å². The Morgan fingerprint density at radius 1 is 1.15 bits per heavy atom. The fraction of sp³-hybridized carbons (Fsp3) is 0.529. The standard InChI is InChI=1S/C17H20O3/c1-17(2)12-8-9-14(13(17)10-12)20-16(19)15(18)11-6-4-3-5-7-11/h3-7,12-14H,8-10H2,1-2H3/t12-,13+,14-/m0/s1. The molecule has 0 radical (unpaired) electrons. The van der Waals surface area contributed by atoms with E-state index in [4.69, 9.17) is 4.74 Å². The van der Waals surface area contributed by atoms with E-state index in [1.165, 1.54) is 0 Å². The van der Waals surface area contributed by atoms with Crippen molar-refractivity contribution >= 4 is 11.8 Å². The predicted molar refractivity (Wildman–Crippen MR) is 75.3 cm³/mol. The zero-order valence-corrected chi connectivity index (χ0v) is 12.0. The third-order valence-electron chi connectivity index (χ3n) is 5.27. The van der Waals surface area contributed by atoms with Gasteiger partial charge in [0.1, 0.15) is 6.10 Å². The fourth-order valence-corrected chi connectivity index (χ4v) is 3.78. The number of rotatable bonds is 3. The van der Waals surface area contributed by atoms with Gasteiger partial charge in [0.25, 0.3) is 5.78 Å². The summed E-state index contributed by atoms with van der Waals surface area (Å²) in [5.41, 5.74) is 0.651. The molecule has 106 valence electrons. The molecule has 0 spiro atoms. The maximum Gasteiger partial charge on any atom is 0.379 e. The first kappa shape index (κ1) is 13.3. The SMILES string of the molecule is CC1(C)[C@H]2CC[C@H](OC(=O)C(=O)c3ccccc3)[C@H]1C2. The summed E-state index contributed by atoms with van der Waals surface area (Å²) >= 11 is 0. The molecule has 20 heavy (non-hydrogen) atoms. The fourth-order valence-electron chi connectivity index (χ4n) is 3.78. The molecule has 0 amide bonds. The van der Waals surface area contributed by atoms with Crippen molar-refractivity contribution < 1.29 is 14.3 Å². The lowest BCUT2D eigenvalue weighted by atomic mass is 9.48. The molecule has 0 saturated heterocycles. The highest BCUT2D eigenvalue weighted by molar-refractivity contribution is 6.40. The molecule has 1 aromatic carbocycles. The second-order valence-corrected chi connectivity index (χ2v) is 6.58. The molecule has 0 unspecified atom stereocenters.